The Morgan fingerprint density at radius 1 is 1.12 bits per heavy atom. The van der Waals surface area contributed by atoms with Gasteiger partial charge in [-0.2, -0.15) is 0 Å². The molecule has 0 saturated heterocycles. The van der Waals surface area contributed by atoms with Gasteiger partial charge in [-0.15, -0.1) is 0 Å². The molecule has 0 radical (unpaired) electrons. The van der Waals surface area contributed by atoms with Crippen molar-refractivity contribution in [3.63, 3.8) is 0 Å². The van der Waals surface area contributed by atoms with E-state index in [-0.39, 0.29) is 17.6 Å². The Labute approximate surface area is 109 Å². The largest absolute Gasteiger partial charge is 0.396 e. The average molecular weight is 256 g/mol. The minimum atomic E-state index is -0.167. The van der Waals surface area contributed by atoms with Gasteiger partial charge < -0.3 is 10.4 Å². The molecule has 0 atom stereocenters. The zero-order valence-corrected chi connectivity index (χ0v) is 11.8. The number of nitrogens with one attached hydrogen (secondary N) is 1. The second-order valence-electron chi connectivity index (χ2n) is 5.65. The monoisotopic (exact) mass is 255 g/mol. The van der Waals surface area contributed by atoms with Gasteiger partial charge in [-0.3, -0.25) is 0 Å². The molecular formula is C14H22ClNO. The number of aliphatic hydroxyl groups is 1. The van der Waals surface area contributed by atoms with Crippen molar-refractivity contribution in [3.05, 3.63) is 34.9 Å². The van der Waals surface area contributed by atoms with E-state index in [2.05, 4.69) is 33.0 Å². The van der Waals surface area contributed by atoms with Crippen molar-refractivity contribution in [2.75, 3.05) is 6.61 Å². The fourth-order valence-electron chi connectivity index (χ4n) is 1.36. The van der Waals surface area contributed by atoms with Crippen molar-refractivity contribution in [1.82, 2.24) is 5.32 Å². The SMILES string of the molecule is CC(C)(CO)C(C)(C)NCc1ccc(Cl)cc1. The number of halogens is 1. The Bertz CT molecular complexity index is 357. The Hall–Kier alpha value is -0.570. The number of benzene rings is 1. The van der Waals surface area contributed by atoms with Crippen LogP contribution in [-0.2, 0) is 6.54 Å². The molecule has 0 aliphatic carbocycles. The zero-order valence-electron chi connectivity index (χ0n) is 11.0. The molecular weight excluding hydrogens is 234 g/mol. The number of hydrogen-bond acceptors (Lipinski definition) is 2. The van der Waals surface area contributed by atoms with Crippen LogP contribution in [0.4, 0.5) is 0 Å². The Kier molecular flexibility index (Phi) is 4.59. The molecule has 0 amide bonds. The van der Waals surface area contributed by atoms with E-state index < -0.39 is 0 Å². The zero-order chi connectivity index (χ0) is 13.1. The van der Waals surface area contributed by atoms with Crippen LogP contribution >= 0.6 is 11.6 Å². The maximum Gasteiger partial charge on any atom is 0.0499 e. The van der Waals surface area contributed by atoms with E-state index >= 15 is 0 Å². The summed E-state index contributed by atoms with van der Waals surface area (Å²) < 4.78 is 0. The summed E-state index contributed by atoms with van der Waals surface area (Å²) in [6.07, 6.45) is 0. The van der Waals surface area contributed by atoms with Crippen LogP contribution in [0.1, 0.15) is 33.3 Å². The van der Waals surface area contributed by atoms with Crippen LogP contribution in [0, 0.1) is 5.41 Å². The van der Waals surface area contributed by atoms with E-state index in [4.69, 9.17) is 11.6 Å². The van der Waals surface area contributed by atoms with E-state index in [0.717, 1.165) is 11.6 Å². The second kappa shape index (κ2) is 5.38. The first-order valence-electron chi connectivity index (χ1n) is 5.89. The molecule has 0 aromatic heterocycles. The lowest BCUT2D eigenvalue weighted by Gasteiger charge is -2.41. The molecule has 1 aromatic rings. The smallest absolute Gasteiger partial charge is 0.0499 e. The number of hydrogen-bond donors (Lipinski definition) is 2. The van der Waals surface area contributed by atoms with Gasteiger partial charge in [0, 0.05) is 29.1 Å². The highest BCUT2D eigenvalue weighted by atomic mass is 35.5. The van der Waals surface area contributed by atoms with Crippen molar-refractivity contribution in [2.45, 2.75) is 39.8 Å². The lowest BCUT2D eigenvalue weighted by molar-refractivity contribution is 0.0677. The summed E-state index contributed by atoms with van der Waals surface area (Å²) in [5.74, 6) is 0. The van der Waals surface area contributed by atoms with Gasteiger partial charge >= 0.3 is 0 Å². The van der Waals surface area contributed by atoms with Gasteiger partial charge in [0.15, 0.2) is 0 Å². The van der Waals surface area contributed by atoms with E-state index in [1.165, 1.54) is 5.56 Å². The third kappa shape index (κ3) is 3.70. The summed E-state index contributed by atoms with van der Waals surface area (Å²) in [5, 5.41) is 13.6. The molecule has 0 aliphatic rings. The lowest BCUT2D eigenvalue weighted by atomic mass is 9.75. The Morgan fingerprint density at radius 2 is 1.65 bits per heavy atom. The predicted molar refractivity (Wildman–Crippen MR) is 73.2 cm³/mol. The molecule has 0 saturated carbocycles. The molecule has 1 rings (SSSR count). The summed E-state index contributed by atoms with van der Waals surface area (Å²) in [5.41, 5.74) is 0.886. The van der Waals surface area contributed by atoms with E-state index in [1.807, 2.05) is 24.3 Å². The Balaban J connectivity index is 2.64. The molecule has 0 spiro atoms. The Morgan fingerprint density at radius 3 is 2.12 bits per heavy atom. The van der Waals surface area contributed by atoms with Crippen molar-refractivity contribution >= 4 is 11.6 Å². The highest BCUT2D eigenvalue weighted by molar-refractivity contribution is 6.30. The first-order chi connectivity index (χ1) is 7.78. The molecule has 3 heteroatoms. The summed E-state index contributed by atoms with van der Waals surface area (Å²) in [6, 6.07) is 7.81. The second-order valence-corrected chi connectivity index (χ2v) is 6.08. The molecule has 0 bridgehead atoms. The fourth-order valence-corrected chi connectivity index (χ4v) is 1.49. The van der Waals surface area contributed by atoms with E-state index in [1.54, 1.807) is 0 Å². The van der Waals surface area contributed by atoms with Crippen LogP contribution in [0.2, 0.25) is 5.02 Å². The predicted octanol–water partition coefficient (Wildman–Crippen LogP) is 3.23. The molecule has 1 aromatic carbocycles. The van der Waals surface area contributed by atoms with Gasteiger partial charge in [0.05, 0.1) is 0 Å². The van der Waals surface area contributed by atoms with Gasteiger partial charge in [-0.25, -0.2) is 0 Å². The van der Waals surface area contributed by atoms with Gasteiger partial charge in [0.25, 0.3) is 0 Å². The standard InChI is InChI=1S/C14H22ClNO/c1-13(2,10-17)14(3,4)16-9-11-5-7-12(15)8-6-11/h5-8,16-17H,9-10H2,1-4H3. The van der Waals surface area contributed by atoms with Gasteiger partial charge in [0.1, 0.15) is 0 Å². The maximum absolute atomic E-state index is 9.41. The summed E-state index contributed by atoms with van der Waals surface area (Å²) in [6.45, 7) is 9.27. The molecule has 96 valence electrons. The van der Waals surface area contributed by atoms with Crippen LogP contribution in [0.25, 0.3) is 0 Å². The third-order valence-corrected chi connectivity index (χ3v) is 3.99. The van der Waals surface area contributed by atoms with Gasteiger partial charge in [-0.1, -0.05) is 37.6 Å². The quantitative estimate of drug-likeness (QED) is 0.847. The summed E-state index contributed by atoms with van der Waals surface area (Å²) in [4.78, 5) is 0. The first kappa shape index (κ1) is 14.5. The summed E-state index contributed by atoms with van der Waals surface area (Å²) >= 11 is 5.84. The number of rotatable bonds is 5. The molecule has 2 nitrogen and oxygen atoms in total. The van der Waals surface area contributed by atoms with E-state index in [0.29, 0.717) is 0 Å². The minimum absolute atomic E-state index is 0.138. The molecule has 17 heavy (non-hydrogen) atoms. The summed E-state index contributed by atoms with van der Waals surface area (Å²) in [7, 11) is 0. The molecule has 0 aliphatic heterocycles. The molecule has 0 fully saturated rings. The van der Waals surface area contributed by atoms with Crippen LogP contribution in [0.5, 0.6) is 0 Å². The van der Waals surface area contributed by atoms with Crippen molar-refractivity contribution in [2.24, 2.45) is 5.41 Å². The van der Waals surface area contributed by atoms with Gasteiger partial charge in [-0.05, 0) is 31.5 Å². The fraction of sp³-hybridized carbons (Fsp3) is 0.571. The van der Waals surface area contributed by atoms with Crippen molar-refractivity contribution in [3.8, 4) is 0 Å². The number of aliphatic hydroxyl groups excluding tert-OH is 1. The first-order valence-corrected chi connectivity index (χ1v) is 6.27. The highest BCUT2D eigenvalue weighted by Gasteiger charge is 2.35. The van der Waals surface area contributed by atoms with Crippen LogP contribution in [-0.4, -0.2) is 17.3 Å². The molecule has 2 N–H and O–H groups in total. The van der Waals surface area contributed by atoms with Crippen molar-refractivity contribution in [1.29, 1.82) is 0 Å². The van der Waals surface area contributed by atoms with Crippen LogP contribution in [0.3, 0.4) is 0 Å². The molecule has 0 unspecified atom stereocenters. The van der Waals surface area contributed by atoms with Crippen LogP contribution in [0.15, 0.2) is 24.3 Å². The van der Waals surface area contributed by atoms with Gasteiger partial charge in [0.2, 0.25) is 0 Å². The van der Waals surface area contributed by atoms with Crippen molar-refractivity contribution < 1.29 is 5.11 Å². The highest BCUT2D eigenvalue weighted by Crippen LogP contribution is 2.29. The lowest BCUT2D eigenvalue weighted by Crippen LogP contribution is -2.52. The molecule has 0 heterocycles. The normalized spacial score (nSPS) is 12.8. The third-order valence-electron chi connectivity index (χ3n) is 3.73. The topological polar surface area (TPSA) is 32.3 Å². The average Bonchev–Trinajstić information content (AvgIpc) is 2.28. The van der Waals surface area contributed by atoms with E-state index in [9.17, 15) is 5.11 Å². The maximum atomic E-state index is 9.41. The minimum Gasteiger partial charge on any atom is -0.396 e. The van der Waals surface area contributed by atoms with Crippen LogP contribution < -0.4 is 5.32 Å².